The highest BCUT2D eigenvalue weighted by Gasteiger charge is 2.44. The molecule has 0 saturated heterocycles. The van der Waals surface area contributed by atoms with E-state index in [-0.39, 0.29) is 24.0 Å². The third-order valence-corrected chi connectivity index (χ3v) is 7.61. The Bertz CT molecular complexity index is 1150. The van der Waals surface area contributed by atoms with Crippen molar-refractivity contribution in [2.75, 3.05) is 13.2 Å². The Morgan fingerprint density at radius 2 is 1.58 bits per heavy atom. The molecule has 2 rings (SSSR count). The molecule has 0 bridgehead atoms. The monoisotopic (exact) mass is 642 g/mol. The van der Waals surface area contributed by atoms with Crippen LogP contribution in [0, 0.1) is 5.92 Å². The molecule has 45 heavy (non-hydrogen) atoms. The van der Waals surface area contributed by atoms with E-state index in [0.29, 0.717) is 32.5 Å². The lowest BCUT2D eigenvalue weighted by molar-refractivity contribution is -0.206. The molecule has 252 valence electrons. The molecule has 0 saturated carbocycles. The summed E-state index contributed by atoms with van der Waals surface area (Å²) in [6.07, 6.45) is 4.16. The second-order valence-corrected chi connectivity index (χ2v) is 11.2. The highest BCUT2D eigenvalue weighted by atomic mass is 19.4. The fraction of sp³-hybridized carbons (Fsp3) is 0.618. The lowest BCUT2D eigenvalue weighted by Crippen LogP contribution is -2.36. The normalized spacial score (nSPS) is 18.7. The van der Waals surface area contributed by atoms with Crippen LogP contribution in [0.15, 0.2) is 48.3 Å². The predicted octanol–water partition coefficient (Wildman–Crippen LogP) is 8.76. The van der Waals surface area contributed by atoms with Crippen molar-refractivity contribution < 1.29 is 51.3 Å². The minimum Gasteiger partial charge on any atom is -0.480 e. The van der Waals surface area contributed by atoms with E-state index in [1.807, 2.05) is 6.92 Å². The number of carbonyl (C=O) groups is 3. The van der Waals surface area contributed by atoms with E-state index in [4.69, 9.17) is 14.2 Å². The molecule has 3 unspecified atom stereocenters. The van der Waals surface area contributed by atoms with E-state index >= 15 is 4.39 Å². The molecule has 11 heteroatoms. The van der Waals surface area contributed by atoms with Crippen LogP contribution in [0.25, 0.3) is 0 Å². The topological polar surface area (TPSA) is 99.1 Å². The van der Waals surface area contributed by atoms with Crippen molar-refractivity contribution in [1.82, 2.24) is 0 Å². The standard InChI is InChI=1S/C34H46F4O7/c1-3-5-6-7-8-9-10-13-20-30(39)45-33(22-21-26(31(40)41)28(35)24-33)27-18-15-14-17-25(27)32(42)44-29(34(36,37)38)19-12-11-16-23-43-4-2/h14-15,17-18,21-22,24,26,29H,3-13,16,19-20,23H2,1-2H3,(H,40,41). The van der Waals surface area contributed by atoms with Crippen LogP contribution in [0.4, 0.5) is 17.6 Å². The maximum atomic E-state index is 15.1. The minimum absolute atomic E-state index is 0.0194. The molecule has 0 aromatic heterocycles. The number of alkyl halides is 3. The van der Waals surface area contributed by atoms with E-state index in [0.717, 1.165) is 56.8 Å². The smallest absolute Gasteiger partial charge is 0.425 e. The predicted molar refractivity (Wildman–Crippen MR) is 161 cm³/mol. The van der Waals surface area contributed by atoms with Gasteiger partial charge in [0.15, 0.2) is 11.7 Å². The summed E-state index contributed by atoms with van der Waals surface area (Å²) in [5.74, 6) is -6.34. The Morgan fingerprint density at radius 1 is 0.933 bits per heavy atom. The van der Waals surface area contributed by atoms with Crippen molar-refractivity contribution in [2.45, 2.75) is 115 Å². The number of halogens is 4. The Labute approximate surface area is 263 Å². The molecule has 0 spiro atoms. The molecule has 0 heterocycles. The summed E-state index contributed by atoms with van der Waals surface area (Å²) in [6.45, 7) is 4.87. The van der Waals surface area contributed by atoms with Gasteiger partial charge in [0.1, 0.15) is 11.7 Å². The highest BCUT2D eigenvalue weighted by Crippen LogP contribution is 2.40. The van der Waals surface area contributed by atoms with Crippen molar-refractivity contribution in [2.24, 2.45) is 5.92 Å². The Morgan fingerprint density at radius 3 is 2.20 bits per heavy atom. The van der Waals surface area contributed by atoms with Crippen molar-refractivity contribution in [3.8, 4) is 0 Å². The van der Waals surface area contributed by atoms with Crippen LogP contribution in [0.2, 0.25) is 0 Å². The van der Waals surface area contributed by atoms with Gasteiger partial charge in [-0.2, -0.15) is 13.2 Å². The first kappa shape index (κ1) is 38.0. The largest absolute Gasteiger partial charge is 0.480 e. The zero-order valence-corrected chi connectivity index (χ0v) is 26.2. The maximum Gasteiger partial charge on any atom is 0.425 e. The fourth-order valence-electron chi connectivity index (χ4n) is 5.14. The average Bonchev–Trinajstić information content (AvgIpc) is 2.98. The maximum absolute atomic E-state index is 15.1. The number of ether oxygens (including phenoxy) is 3. The lowest BCUT2D eigenvalue weighted by Gasteiger charge is -2.33. The zero-order valence-electron chi connectivity index (χ0n) is 26.2. The van der Waals surface area contributed by atoms with Gasteiger partial charge in [-0.25, -0.2) is 9.18 Å². The summed E-state index contributed by atoms with van der Waals surface area (Å²) >= 11 is 0. The number of rotatable bonds is 21. The molecule has 0 aliphatic heterocycles. The van der Waals surface area contributed by atoms with Crippen LogP contribution in [-0.4, -0.2) is 48.5 Å². The minimum atomic E-state index is -4.84. The molecule has 1 N–H and O–H groups in total. The molecule has 0 radical (unpaired) electrons. The summed E-state index contributed by atoms with van der Waals surface area (Å²) < 4.78 is 72.6. The van der Waals surface area contributed by atoms with Gasteiger partial charge in [0, 0.05) is 31.3 Å². The first-order valence-corrected chi connectivity index (χ1v) is 15.9. The highest BCUT2D eigenvalue weighted by molar-refractivity contribution is 5.92. The van der Waals surface area contributed by atoms with Crippen molar-refractivity contribution in [1.29, 1.82) is 0 Å². The van der Waals surface area contributed by atoms with Crippen LogP contribution in [-0.2, 0) is 29.4 Å². The van der Waals surface area contributed by atoms with Crippen LogP contribution < -0.4 is 0 Å². The van der Waals surface area contributed by atoms with Gasteiger partial charge >= 0.3 is 24.1 Å². The molecule has 0 amide bonds. The van der Waals surface area contributed by atoms with E-state index in [2.05, 4.69) is 6.92 Å². The van der Waals surface area contributed by atoms with Gasteiger partial charge < -0.3 is 19.3 Å². The van der Waals surface area contributed by atoms with Gasteiger partial charge in [0.05, 0.1) is 5.56 Å². The third kappa shape index (κ3) is 12.6. The number of carbonyl (C=O) groups excluding carboxylic acids is 2. The first-order chi connectivity index (χ1) is 21.4. The second kappa shape index (κ2) is 19.3. The van der Waals surface area contributed by atoms with E-state index < -0.39 is 54.0 Å². The van der Waals surface area contributed by atoms with Crippen LogP contribution >= 0.6 is 0 Å². The SMILES string of the molecule is CCCCCCCCCCC(=O)OC1(c2ccccc2C(=O)OC(CCCCCOCC)C(F)(F)F)C=CC(C(=O)O)C(F)=C1. The molecule has 0 fully saturated rings. The van der Waals surface area contributed by atoms with Gasteiger partial charge in [0.25, 0.3) is 0 Å². The van der Waals surface area contributed by atoms with Gasteiger partial charge in [-0.3, -0.25) is 9.59 Å². The van der Waals surface area contributed by atoms with E-state index in [1.165, 1.54) is 30.7 Å². The number of carboxylic acid groups (broad SMARTS) is 1. The van der Waals surface area contributed by atoms with Crippen LogP contribution in [0.1, 0.15) is 113 Å². The van der Waals surface area contributed by atoms with Gasteiger partial charge in [-0.15, -0.1) is 0 Å². The van der Waals surface area contributed by atoms with Gasteiger partial charge in [-0.05, 0) is 44.7 Å². The van der Waals surface area contributed by atoms with Crippen LogP contribution in [0.5, 0.6) is 0 Å². The second-order valence-electron chi connectivity index (χ2n) is 11.2. The van der Waals surface area contributed by atoms with Gasteiger partial charge in [0.2, 0.25) is 0 Å². The number of hydrogen-bond acceptors (Lipinski definition) is 6. The number of hydrogen-bond donors (Lipinski definition) is 1. The molecule has 1 aliphatic rings. The van der Waals surface area contributed by atoms with Crippen molar-refractivity contribution in [3.05, 3.63) is 59.4 Å². The summed E-state index contributed by atoms with van der Waals surface area (Å²) in [5.41, 5.74) is -2.59. The van der Waals surface area contributed by atoms with E-state index in [1.54, 1.807) is 0 Å². The third-order valence-electron chi connectivity index (χ3n) is 7.61. The summed E-state index contributed by atoms with van der Waals surface area (Å²) in [4.78, 5) is 37.8. The van der Waals surface area contributed by atoms with Crippen LogP contribution in [0.3, 0.4) is 0 Å². The van der Waals surface area contributed by atoms with Crippen molar-refractivity contribution in [3.63, 3.8) is 0 Å². The molecule has 3 atom stereocenters. The Hall–Kier alpha value is -3.21. The molecule has 7 nitrogen and oxygen atoms in total. The fourth-order valence-corrected chi connectivity index (χ4v) is 5.14. The zero-order chi connectivity index (χ0) is 33.3. The summed E-state index contributed by atoms with van der Waals surface area (Å²) in [7, 11) is 0. The Balaban J connectivity index is 2.26. The number of esters is 2. The quantitative estimate of drug-likeness (QED) is 0.0619. The molecular formula is C34H46F4O7. The molecule has 1 aromatic rings. The number of carboxylic acids is 1. The lowest BCUT2D eigenvalue weighted by atomic mass is 9.83. The molecule has 1 aromatic carbocycles. The molecule has 1 aliphatic carbocycles. The Kier molecular flexibility index (Phi) is 16.3. The number of benzene rings is 1. The van der Waals surface area contributed by atoms with Crippen molar-refractivity contribution >= 4 is 17.9 Å². The first-order valence-electron chi connectivity index (χ1n) is 15.9. The summed E-state index contributed by atoms with van der Waals surface area (Å²) in [6, 6.07) is 5.34. The van der Waals surface area contributed by atoms with E-state index in [9.17, 15) is 32.7 Å². The summed E-state index contributed by atoms with van der Waals surface area (Å²) in [5, 5.41) is 9.39. The van der Waals surface area contributed by atoms with Gasteiger partial charge in [-0.1, -0.05) is 82.6 Å². The molecular weight excluding hydrogens is 596 g/mol. The number of unbranched alkanes of at least 4 members (excludes halogenated alkanes) is 9. The average molecular weight is 643 g/mol. The number of aliphatic carboxylic acids is 1.